The van der Waals surface area contributed by atoms with Crippen LogP contribution >= 0.6 is 23.2 Å². The monoisotopic (exact) mass is 570 g/mol. The summed E-state index contributed by atoms with van der Waals surface area (Å²) in [5.41, 5.74) is 2.69. The Balaban J connectivity index is 1.93. The van der Waals surface area contributed by atoms with E-state index in [0.29, 0.717) is 34.4 Å². The van der Waals surface area contributed by atoms with Crippen molar-refractivity contribution in [2.45, 2.75) is 58.2 Å². The maximum atomic E-state index is 13.9. The first kappa shape index (κ1) is 30.3. The molecule has 0 fully saturated rings. The molecular weight excluding hydrogens is 535 g/mol. The smallest absolute Gasteiger partial charge is 0.243 e. The SMILES string of the molecule is CC[C@@H](C)NC(=O)[C@@H](Cc1ccccc1)N(Cc1ccc(Cl)c(Cl)c1)C(=O)CCc1ccc(OC)c(OC)c1. The summed E-state index contributed by atoms with van der Waals surface area (Å²) in [5.74, 6) is 0.896. The largest absolute Gasteiger partial charge is 0.493 e. The van der Waals surface area contributed by atoms with Crippen LogP contribution in [0.25, 0.3) is 0 Å². The highest BCUT2D eigenvalue weighted by Crippen LogP contribution is 2.29. The number of hydrogen-bond donors (Lipinski definition) is 1. The Labute approximate surface area is 241 Å². The molecule has 0 aromatic heterocycles. The lowest BCUT2D eigenvalue weighted by atomic mass is 10.0. The van der Waals surface area contributed by atoms with Crippen molar-refractivity contribution in [3.63, 3.8) is 0 Å². The highest BCUT2D eigenvalue weighted by Gasteiger charge is 2.31. The van der Waals surface area contributed by atoms with Gasteiger partial charge in [0.2, 0.25) is 11.8 Å². The van der Waals surface area contributed by atoms with Crippen LogP contribution in [-0.4, -0.2) is 43.0 Å². The van der Waals surface area contributed by atoms with Crippen LogP contribution in [0.4, 0.5) is 0 Å². The molecule has 1 N–H and O–H groups in total. The number of carbonyl (C=O) groups is 2. The Morgan fingerprint density at radius 3 is 2.21 bits per heavy atom. The van der Waals surface area contributed by atoms with Gasteiger partial charge in [0.15, 0.2) is 11.5 Å². The number of nitrogens with one attached hydrogen (secondary N) is 1. The molecule has 3 rings (SSSR count). The van der Waals surface area contributed by atoms with Crippen LogP contribution < -0.4 is 14.8 Å². The van der Waals surface area contributed by atoms with Crippen molar-refractivity contribution in [2.75, 3.05) is 14.2 Å². The van der Waals surface area contributed by atoms with Crippen molar-refractivity contribution in [1.82, 2.24) is 10.2 Å². The van der Waals surface area contributed by atoms with Crippen LogP contribution in [0, 0.1) is 0 Å². The highest BCUT2D eigenvalue weighted by molar-refractivity contribution is 6.42. The number of ether oxygens (including phenoxy) is 2. The molecule has 0 saturated heterocycles. The molecule has 0 unspecified atom stereocenters. The summed E-state index contributed by atoms with van der Waals surface area (Å²) in [6, 6.07) is 19.9. The molecule has 208 valence electrons. The number of carbonyl (C=O) groups excluding carboxylic acids is 2. The first-order valence-electron chi connectivity index (χ1n) is 13.0. The molecular formula is C31H36Cl2N2O4. The van der Waals surface area contributed by atoms with Gasteiger partial charge < -0.3 is 19.7 Å². The average molecular weight is 572 g/mol. The second-order valence-electron chi connectivity index (χ2n) is 9.48. The number of hydrogen-bond acceptors (Lipinski definition) is 4. The van der Waals surface area contributed by atoms with Gasteiger partial charge in [0.25, 0.3) is 0 Å². The van der Waals surface area contributed by atoms with E-state index < -0.39 is 6.04 Å². The lowest BCUT2D eigenvalue weighted by molar-refractivity contribution is -0.141. The number of methoxy groups -OCH3 is 2. The predicted molar refractivity (Wildman–Crippen MR) is 157 cm³/mol. The van der Waals surface area contributed by atoms with E-state index in [9.17, 15) is 9.59 Å². The Morgan fingerprint density at radius 1 is 0.872 bits per heavy atom. The topological polar surface area (TPSA) is 67.9 Å². The molecule has 0 radical (unpaired) electrons. The van der Waals surface area contributed by atoms with Crippen molar-refractivity contribution >= 4 is 35.0 Å². The van der Waals surface area contributed by atoms with E-state index in [4.69, 9.17) is 32.7 Å². The highest BCUT2D eigenvalue weighted by atomic mass is 35.5. The number of aryl methyl sites for hydroxylation is 1. The van der Waals surface area contributed by atoms with Gasteiger partial charge >= 0.3 is 0 Å². The Kier molecular flexibility index (Phi) is 11.5. The molecule has 0 spiro atoms. The van der Waals surface area contributed by atoms with Gasteiger partial charge in [-0.25, -0.2) is 0 Å². The summed E-state index contributed by atoms with van der Waals surface area (Å²) >= 11 is 12.4. The van der Waals surface area contributed by atoms with E-state index in [1.54, 1.807) is 31.3 Å². The minimum absolute atomic E-state index is 0.0236. The standard InChI is InChI=1S/C31H36Cl2N2O4/c1-5-21(2)34-31(37)27(18-22-9-7-6-8-10-22)35(20-24-11-14-25(32)26(33)17-24)30(36)16-13-23-12-15-28(38-3)29(19-23)39-4/h6-12,14-15,17,19,21,27H,5,13,16,18,20H2,1-4H3,(H,34,37)/t21-,27-/m1/s1. The van der Waals surface area contributed by atoms with Crippen LogP contribution in [0.5, 0.6) is 11.5 Å². The van der Waals surface area contributed by atoms with Crippen LogP contribution in [-0.2, 0) is 29.0 Å². The molecule has 0 bridgehead atoms. The maximum Gasteiger partial charge on any atom is 0.243 e. The second-order valence-corrected chi connectivity index (χ2v) is 10.3. The Morgan fingerprint density at radius 2 is 1.56 bits per heavy atom. The summed E-state index contributed by atoms with van der Waals surface area (Å²) in [7, 11) is 3.16. The molecule has 0 aliphatic heterocycles. The second kappa shape index (κ2) is 14.8. The minimum Gasteiger partial charge on any atom is -0.493 e. The molecule has 0 aliphatic carbocycles. The van der Waals surface area contributed by atoms with Crippen molar-refractivity contribution in [1.29, 1.82) is 0 Å². The number of halogens is 2. The number of benzene rings is 3. The number of rotatable bonds is 13. The van der Waals surface area contributed by atoms with Gasteiger partial charge in [-0.2, -0.15) is 0 Å². The van der Waals surface area contributed by atoms with Gasteiger partial charge in [-0.05, 0) is 60.7 Å². The molecule has 3 aromatic rings. The van der Waals surface area contributed by atoms with E-state index in [1.165, 1.54) is 0 Å². The van der Waals surface area contributed by atoms with Gasteiger partial charge in [-0.1, -0.05) is 72.6 Å². The van der Waals surface area contributed by atoms with Crippen molar-refractivity contribution in [2.24, 2.45) is 0 Å². The third-order valence-electron chi connectivity index (χ3n) is 6.68. The lowest BCUT2D eigenvalue weighted by Crippen LogP contribution is -2.52. The van der Waals surface area contributed by atoms with Crippen molar-refractivity contribution in [3.05, 3.63) is 93.5 Å². The molecule has 8 heteroatoms. The lowest BCUT2D eigenvalue weighted by Gasteiger charge is -2.32. The van der Waals surface area contributed by atoms with E-state index in [2.05, 4.69) is 5.32 Å². The fourth-order valence-corrected chi connectivity index (χ4v) is 4.58. The fourth-order valence-electron chi connectivity index (χ4n) is 4.26. The predicted octanol–water partition coefficient (Wildman–Crippen LogP) is 6.50. The molecule has 6 nitrogen and oxygen atoms in total. The maximum absolute atomic E-state index is 13.9. The molecule has 0 aliphatic rings. The van der Waals surface area contributed by atoms with Gasteiger partial charge in [-0.15, -0.1) is 0 Å². The first-order valence-corrected chi connectivity index (χ1v) is 13.8. The Hall–Kier alpha value is -3.22. The summed E-state index contributed by atoms with van der Waals surface area (Å²) < 4.78 is 10.7. The van der Waals surface area contributed by atoms with Crippen LogP contribution in [0.2, 0.25) is 10.0 Å². The van der Waals surface area contributed by atoms with E-state index in [1.807, 2.05) is 68.4 Å². The molecule has 39 heavy (non-hydrogen) atoms. The van der Waals surface area contributed by atoms with Crippen LogP contribution in [0.1, 0.15) is 43.4 Å². The molecule has 0 heterocycles. The Bertz CT molecular complexity index is 1250. The summed E-state index contributed by atoms with van der Waals surface area (Å²) in [5, 5.41) is 3.91. The van der Waals surface area contributed by atoms with Gasteiger partial charge in [-0.3, -0.25) is 9.59 Å². The third kappa shape index (κ3) is 8.64. The minimum atomic E-state index is -0.714. The van der Waals surface area contributed by atoms with Crippen LogP contribution in [0.3, 0.4) is 0 Å². The van der Waals surface area contributed by atoms with Crippen LogP contribution in [0.15, 0.2) is 66.7 Å². The molecule has 2 atom stereocenters. The zero-order chi connectivity index (χ0) is 28.4. The van der Waals surface area contributed by atoms with Crippen molar-refractivity contribution < 1.29 is 19.1 Å². The fraction of sp³-hybridized carbons (Fsp3) is 0.355. The average Bonchev–Trinajstić information content (AvgIpc) is 2.95. The molecule has 0 saturated carbocycles. The van der Waals surface area contributed by atoms with E-state index >= 15 is 0 Å². The zero-order valence-electron chi connectivity index (χ0n) is 22.9. The van der Waals surface area contributed by atoms with Gasteiger partial charge in [0, 0.05) is 25.4 Å². The van der Waals surface area contributed by atoms with Gasteiger partial charge in [0.1, 0.15) is 6.04 Å². The zero-order valence-corrected chi connectivity index (χ0v) is 24.4. The summed E-state index contributed by atoms with van der Waals surface area (Å²) in [6.45, 7) is 4.19. The van der Waals surface area contributed by atoms with E-state index in [0.717, 1.165) is 23.1 Å². The normalized spacial score (nSPS) is 12.4. The molecule has 2 amide bonds. The molecule has 3 aromatic carbocycles. The first-order chi connectivity index (χ1) is 18.7. The summed E-state index contributed by atoms with van der Waals surface area (Å²) in [6.07, 6.45) is 1.84. The van der Waals surface area contributed by atoms with Gasteiger partial charge in [0.05, 0.1) is 24.3 Å². The van der Waals surface area contributed by atoms with Crippen molar-refractivity contribution in [3.8, 4) is 11.5 Å². The summed E-state index contributed by atoms with van der Waals surface area (Å²) in [4.78, 5) is 29.2. The third-order valence-corrected chi connectivity index (χ3v) is 7.42. The number of nitrogens with zero attached hydrogens (tertiary/aromatic N) is 1. The quantitative estimate of drug-likeness (QED) is 0.255. The number of amides is 2. The van der Waals surface area contributed by atoms with E-state index in [-0.39, 0.29) is 30.8 Å².